The Morgan fingerprint density at radius 1 is 1.12 bits per heavy atom. The van der Waals surface area contributed by atoms with Gasteiger partial charge in [0.05, 0.1) is 17.0 Å². The molecule has 3 aromatic rings. The molecule has 1 aliphatic rings. The molecule has 26 heavy (non-hydrogen) atoms. The highest BCUT2D eigenvalue weighted by atomic mass is 32.2. The molecule has 0 spiro atoms. The van der Waals surface area contributed by atoms with Crippen LogP contribution in [0.1, 0.15) is 30.0 Å². The normalized spacial score (nSPS) is 16.2. The van der Waals surface area contributed by atoms with Crippen molar-refractivity contribution in [2.24, 2.45) is 0 Å². The van der Waals surface area contributed by atoms with E-state index in [1.54, 1.807) is 30.3 Å². The monoisotopic (exact) mass is 373 g/mol. The second-order valence-corrected chi connectivity index (χ2v) is 8.45. The molecule has 1 aromatic heterocycles. The summed E-state index contributed by atoms with van der Waals surface area (Å²) in [6, 6.07) is 13.2. The number of aromatic nitrogens is 2. The van der Waals surface area contributed by atoms with Crippen molar-refractivity contribution in [2.45, 2.75) is 24.5 Å². The molecule has 0 aliphatic carbocycles. The average molecular weight is 373 g/mol. The minimum absolute atomic E-state index is 0.174. The van der Waals surface area contributed by atoms with Crippen LogP contribution >= 0.6 is 0 Å². The number of fused-ring (bicyclic) bond motifs is 1. The molecule has 0 saturated carbocycles. The predicted molar refractivity (Wildman–Crippen MR) is 99.0 cm³/mol. The van der Waals surface area contributed by atoms with E-state index in [0.29, 0.717) is 11.1 Å². The van der Waals surface area contributed by atoms with Gasteiger partial charge >= 0.3 is 0 Å². The zero-order chi connectivity index (χ0) is 18.1. The zero-order valence-corrected chi connectivity index (χ0v) is 15.0. The minimum Gasteiger partial charge on any atom is -0.317 e. The average Bonchev–Trinajstić information content (AvgIpc) is 3.02. The van der Waals surface area contributed by atoms with Gasteiger partial charge in [-0.05, 0) is 43.6 Å². The molecular weight excluding hydrogens is 353 g/mol. The number of benzene rings is 2. The fourth-order valence-corrected chi connectivity index (χ4v) is 4.94. The van der Waals surface area contributed by atoms with Crippen molar-refractivity contribution in [3.05, 3.63) is 65.6 Å². The summed E-state index contributed by atoms with van der Waals surface area (Å²) in [5.41, 5.74) is 1.74. The van der Waals surface area contributed by atoms with Crippen LogP contribution < -0.4 is 5.32 Å². The third-order valence-electron chi connectivity index (χ3n) is 4.82. The van der Waals surface area contributed by atoms with Crippen LogP contribution in [0, 0.1) is 5.82 Å². The van der Waals surface area contributed by atoms with Crippen LogP contribution in [0.5, 0.6) is 0 Å². The lowest BCUT2D eigenvalue weighted by Gasteiger charge is -2.21. The van der Waals surface area contributed by atoms with E-state index >= 15 is 0 Å². The Balaban J connectivity index is 1.82. The van der Waals surface area contributed by atoms with Gasteiger partial charge in [-0.25, -0.2) is 12.8 Å². The number of hydrogen-bond donors (Lipinski definition) is 1. The van der Waals surface area contributed by atoms with E-state index in [4.69, 9.17) is 0 Å². The molecule has 0 unspecified atom stereocenters. The first kappa shape index (κ1) is 17.2. The summed E-state index contributed by atoms with van der Waals surface area (Å²) in [4.78, 5) is 0. The summed E-state index contributed by atoms with van der Waals surface area (Å²) in [6.07, 6.45) is 1.78. The van der Waals surface area contributed by atoms with Gasteiger partial charge in [0.1, 0.15) is 5.82 Å². The number of rotatable bonds is 4. The van der Waals surface area contributed by atoms with Gasteiger partial charge < -0.3 is 5.32 Å². The summed E-state index contributed by atoms with van der Waals surface area (Å²) in [7, 11) is -3.75. The standard InChI is InChI=1S/C19H20FN3O2S/c20-16-6-7-17-18(12-16)23(22-19(17)15-8-10-21-11-9-15)26(24,25)13-14-4-2-1-3-5-14/h1-7,12,15,21H,8-11,13H2. The summed E-state index contributed by atoms with van der Waals surface area (Å²) >= 11 is 0. The van der Waals surface area contributed by atoms with E-state index in [1.165, 1.54) is 12.1 Å². The highest BCUT2D eigenvalue weighted by molar-refractivity contribution is 7.89. The molecule has 4 rings (SSSR count). The Kier molecular flexibility index (Phi) is 4.50. The molecule has 0 amide bonds. The van der Waals surface area contributed by atoms with Gasteiger partial charge in [0.25, 0.3) is 10.0 Å². The number of nitrogens with one attached hydrogen (secondary N) is 1. The lowest BCUT2D eigenvalue weighted by atomic mass is 9.93. The lowest BCUT2D eigenvalue weighted by molar-refractivity contribution is 0.453. The van der Waals surface area contributed by atoms with Crippen LogP contribution in [-0.4, -0.2) is 30.7 Å². The van der Waals surface area contributed by atoms with Gasteiger partial charge in [-0.2, -0.15) is 9.19 Å². The van der Waals surface area contributed by atoms with E-state index in [9.17, 15) is 12.8 Å². The van der Waals surface area contributed by atoms with Crippen LogP contribution in [-0.2, 0) is 15.8 Å². The molecule has 1 aliphatic heterocycles. The maximum atomic E-state index is 13.8. The molecule has 136 valence electrons. The van der Waals surface area contributed by atoms with Gasteiger partial charge in [0.2, 0.25) is 0 Å². The quantitative estimate of drug-likeness (QED) is 0.764. The first-order valence-corrected chi connectivity index (χ1v) is 10.3. The largest absolute Gasteiger partial charge is 0.317 e. The van der Waals surface area contributed by atoms with Gasteiger partial charge in [0, 0.05) is 17.4 Å². The van der Waals surface area contributed by atoms with Crippen LogP contribution in [0.25, 0.3) is 10.9 Å². The lowest BCUT2D eigenvalue weighted by Crippen LogP contribution is -2.27. The first-order chi connectivity index (χ1) is 12.5. The van der Waals surface area contributed by atoms with Crippen molar-refractivity contribution in [3.8, 4) is 0 Å². The maximum Gasteiger partial charge on any atom is 0.258 e. The van der Waals surface area contributed by atoms with Gasteiger partial charge in [-0.15, -0.1) is 0 Å². The Morgan fingerprint density at radius 3 is 2.58 bits per heavy atom. The second-order valence-electron chi connectivity index (χ2n) is 6.66. The van der Waals surface area contributed by atoms with Crippen LogP contribution in [0.2, 0.25) is 0 Å². The third kappa shape index (κ3) is 3.24. The van der Waals surface area contributed by atoms with Crippen molar-refractivity contribution in [3.63, 3.8) is 0 Å². The van der Waals surface area contributed by atoms with Gasteiger partial charge in [-0.3, -0.25) is 0 Å². The number of hydrogen-bond acceptors (Lipinski definition) is 4. The third-order valence-corrected chi connectivity index (χ3v) is 6.33. The summed E-state index contributed by atoms with van der Waals surface area (Å²) < 4.78 is 40.8. The number of halogens is 1. The van der Waals surface area contributed by atoms with Crippen molar-refractivity contribution in [1.29, 1.82) is 0 Å². The Labute approximate surface area is 151 Å². The van der Waals surface area contributed by atoms with E-state index in [2.05, 4.69) is 10.4 Å². The molecule has 2 heterocycles. The van der Waals surface area contributed by atoms with Crippen molar-refractivity contribution < 1.29 is 12.8 Å². The van der Waals surface area contributed by atoms with E-state index in [-0.39, 0.29) is 11.7 Å². The molecule has 1 fully saturated rings. The predicted octanol–water partition coefficient (Wildman–Crippen LogP) is 3.02. The van der Waals surface area contributed by atoms with Gasteiger partial charge in [0.15, 0.2) is 0 Å². The van der Waals surface area contributed by atoms with Crippen molar-refractivity contribution >= 4 is 20.9 Å². The second kappa shape index (κ2) is 6.81. The Morgan fingerprint density at radius 2 is 1.85 bits per heavy atom. The first-order valence-electron chi connectivity index (χ1n) is 8.71. The molecule has 1 N–H and O–H groups in total. The summed E-state index contributed by atoms with van der Waals surface area (Å²) in [5.74, 6) is -0.463. The fourth-order valence-electron chi connectivity index (χ4n) is 3.54. The molecule has 1 saturated heterocycles. The van der Waals surface area contributed by atoms with Crippen LogP contribution in [0.3, 0.4) is 0 Å². The maximum absolute atomic E-state index is 13.8. The molecule has 5 nitrogen and oxygen atoms in total. The van der Waals surface area contributed by atoms with E-state index in [0.717, 1.165) is 41.1 Å². The van der Waals surface area contributed by atoms with Crippen LogP contribution in [0.4, 0.5) is 4.39 Å². The SMILES string of the molecule is O=S(=O)(Cc1ccccc1)n1nc(C2CCNCC2)c2ccc(F)cc21. The Hall–Kier alpha value is -2.25. The van der Waals surface area contributed by atoms with E-state index < -0.39 is 15.8 Å². The topological polar surface area (TPSA) is 64.0 Å². The van der Waals surface area contributed by atoms with Crippen LogP contribution in [0.15, 0.2) is 48.5 Å². The summed E-state index contributed by atoms with van der Waals surface area (Å²) in [5, 5.41) is 8.47. The molecule has 2 aromatic carbocycles. The van der Waals surface area contributed by atoms with Crippen molar-refractivity contribution in [1.82, 2.24) is 14.5 Å². The zero-order valence-electron chi connectivity index (χ0n) is 14.2. The molecule has 0 bridgehead atoms. The minimum atomic E-state index is -3.75. The van der Waals surface area contributed by atoms with Gasteiger partial charge in [-0.1, -0.05) is 30.3 Å². The fraction of sp³-hybridized carbons (Fsp3) is 0.316. The highest BCUT2D eigenvalue weighted by Crippen LogP contribution is 2.32. The molecule has 0 atom stereocenters. The molecule has 0 radical (unpaired) electrons. The summed E-state index contributed by atoms with van der Waals surface area (Å²) in [6.45, 7) is 1.74. The van der Waals surface area contributed by atoms with E-state index in [1.807, 2.05) is 6.07 Å². The Bertz CT molecular complexity index is 1030. The number of nitrogens with zero attached hydrogens (tertiary/aromatic N) is 2. The molecular formula is C19H20FN3O2S. The number of piperidine rings is 1. The van der Waals surface area contributed by atoms with Crippen molar-refractivity contribution in [2.75, 3.05) is 13.1 Å². The smallest absolute Gasteiger partial charge is 0.258 e. The highest BCUT2D eigenvalue weighted by Gasteiger charge is 2.26. The molecule has 7 heteroatoms.